The molecular weight excluding hydrogens is 278 g/mol. The summed E-state index contributed by atoms with van der Waals surface area (Å²) in [6, 6.07) is 22.1. The summed E-state index contributed by atoms with van der Waals surface area (Å²) in [6.45, 7) is 6.50. The molecule has 23 heavy (non-hydrogen) atoms. The highest BCUT2D eigenvalue weighted by Crippen LogP contribution is 2.45. The van der Waals surface area contributed by atoms with E-state index in [4.69, 9.17) is 0 Å². The molecule has 3 aromatic carbocycles. The Bertz CT molecular complexity index is 839. The molecule has 0 aliphatic heterocycles. The van der Waals surface area contributed by atoms with Gasteiger partial charge >= 0.3 is 0 Å². The van der Waals surface area contributed by atoms with Crippen LogP contribution in [0.25, 0.3) is 22.4 Å². The molecule has 0 radical (unpaired) electrons. The Hall–Kier alpha value is -2.54. The Labute approximate surface area is 137 Å². The van der Waals surface area contributed by atoms with Gasteiger partial charge in [-0.05, 0) is 77.2 Å². The highest BCUT2D eigenvalue weighted by Gasteiger charge is 2.25. The van der Waals surface area contributed by atoms with Crippen molar-refractivity contribution in [2.24, 2.45) is 0 Å². The maximum atomic E-state index is 2.37. The summed E-state index contributed by atoms with van der Waals surface area (Å²) in [4.78, 5) is 2.37. The first-order valence-corrected chi connectivity index (χ1v) is 8.40. The standard InChI is InChI=1S/C22H21N/c1-3-23(4-2)19-11-9-16(10-12-19)13-20-21-14-17-7-5-6-8-18(17)15-22(20)21/h5-15H,3-4H2,1-2H3. The number of hydrogen-bond acceptors (Lipinski definition) is 1. The van der Waals surface area contributed by atoms with Crippen molar-refractivity contribution in [1.29, 1.82) is 0 Å². The van der Waals surface area contributed by atoms with Crippen molar-refractivity contribution in [3.8, 4) is 0 Å². The van der Waals surface area contributed by atoms with E-state index in [1.165, 1.54) is 38.7 Å². The Kier molecular flexibility index (Phi) is 3.42. The molecule has 114 valence electrons. The second-order valence-corrected chi connectivity index (χ2v) is 6.07. The summed E-state index contributed by atoms with van der Waals surface area (Å²) in [5.74, 6) is 0. The molecule has 4 rings (SSSR count). The van der Waals surface area contributed by atoms with Crippen molar-refractivity contribution in [3.05, 3.63) is 77.4 Å². The Morgan fingerprint density at radius 2 is 1.35 bits per heavy atom. The van der Waals surface area contributed by atoms with E-state index in [-0.39, 0.29) is 0 Å². The average Bonchev–Trinajstić information content (AvgIpc) is 3.26. The first-order chi connectivity index (χ1) is 11.3. The predicted octanol–water partition coefficient (Wildman–Crippen LogP) is 5.59. The largest absolute Gasteiger partial charge is 0.372 e. The van der Waals surface area contributed by atoms with E-state index in [9.17, 15) is 0 Å². The highest BCUT2D eigenvalue weighted by atomic mass is 15.1. The average molecular weight is 299 g/mol. The zero-order valence-electron chi connectivity index (χ0n) is 13.7. The maximum Gasteiger partial charge on any atom is 0.0366 e. The van der Waals surface area contributed by atoms with Crippen molar-refractivity contribution in [2.75, 3.05) is 18.0 Å². The molecule has 0 unspecified atom stereocenters. The van der Waals surface area contributed by atoms with Crippen LogP contribution < -0.4 is 4.90 Å². The van der Waals surface area contributed by atoms with Crippen LogP contribution in [-0.2, 0) is 0 Å². The van der Waals surface area contributed by atoms with Gasteiger partial charge in [0, 0.05) is 18.8 Å². The number of rotatable bonds is 4. The van der Waals surface area contributed by atoms with Crippen LogP contribution in [0.3, 0.4) is 0 Å². The van der Waals surface area contributed by atoms with E-state index in [0.717, 1.165) is 13.1 Å². The van der Waals surface area contributed by atoms with Gasteiger partial charge in [-0.3, -0.25) is 0 Å². The number of anilines is 1. The minimum atomic E-state index is 1.05. The van der Waals surface area contributed by atoms with Gasteiger partial charge in [-0.1, -0.05) is 36.4 Å². The lowest BCUT2D eigenvalue weighted by Gasteiger charge is -2.20. The molecule has 0 bridgehead atoms. The van der Waals surface area contributed by atoms with E-state index < -0.39 is 0 Å². The molecule has 0 aromatic heterocycles. The number of benzene rings is 3. The van der Waals surface area contributed by atoms with Crippen molar-refractivity contribution in [3.63, 3.8) is 0 Å². The first kappa shape index (κ1) is 14.1. The van der Waals surface area contributed by atoms with E-state index in [1.54, 1.807) is 0 Å². The maximum absolute atomic E-state index is 2.37. The lowest BCUT2D eigenvalue weighted by atomic mass is 10.1. The van der Waals surface area contributed by atoms with E-state index >= 15 is 0 Å². The van der Waals surface area contributed by atoms with Gasteiger partial charge in [0.25, 0.3) is 0 Å². The van der Waals surface area contributed by atoms with Crippen LogP contribution in [0.2, 0.25) is 0 Å². The first-order valence-electron chi connectivity index (χ1n) is 8.40. The third-order valence-corrected chi connectivity index (χ3v) is 4.74. The molecule has 1 nitrogen and oxygen atoms in total. The van der Waals surface area contributed by atoms with Crippen molar-refractivity contribution >= 4 is 28.1 Å². The van der Waals surface area contributed by atoms with Crippen LogP contribution in [0.1, 0.15) is 30.5 Å². The topological polar surface area (TPSA) is 3.24 Å². The van der Waals surface area contributed by atoms with Gasteiger partial charge in [0.05, 0.1) is 0 Å². The molecule has 0 fully saturated rings. The fourth-order valence-corrected chi connectivity index (χ4v) is 3.32. The molecular formula is C22H21N. The second-order valence-electron chi connectivity index (χ2n) is 6.07. The quantitative estimate of drug-likeness (QED) is 0.475. The summed E-state index contributed by atoms with van der Waals surface area (Å²) in [5, 5.41) is 2.65. The fourth-order valence-electron chi connectivity index (χ4n) is 3.32. The van der Waals surface area contributed by atoms with Gasteiger partial charge in [0.15, 0.2) is 0 Å². The Morgan fingerprint density at radius 1 is 0.783 bits per heavy atom. The van der Waals surface area contributed by atoms with Crippen LogP contribution in [0.15, 0.2) is 60.7 Å². The molecule has 1 aliphatic carbocycles. The fraction of sp³-hybridized carbons (Fsp3) is 0.182. The predicted molar refractivity (Wildman–Crippen MR) is 101 cm³/mol. The molecule has 0 amide bonds. The van der Waals surface area contributed by atoms with Gasteiger partial charge in [0.1, 0.15) is 0 Å². The minimum Gasteiger partial charge on any atom is -0.372 e. The zero-order valence-corrected chi connectivity index (χ0v) is 13.7. The summed E-state index contributed by atoms with van der Waals surface area (Å²) < 4.78 is 0. The van der Waals surface area contributed by atoms with Gasteiger partial charge in [-0.2, -0.15) is 0 Å². The van der Waals surface area contributed by atoms with Gasteiger partial charge in [0.2, 0.25) is 0 Å². The molecule has 0 atom stereocenters. The molecule has 3 aromatic rings. The number of hydrogen-bond donors (Lipinski definition) is 0. The van der Waals surface area contributed by atoms with Crippen LogP contribution in [0, 0.1) is 0 Å². The molecule has 0 saturated carbocycles. The Morgan fingerprint density at radius 3 is 1.87 bits per heavy atom. The normalized spacial score (nSPS) is 12.2. The van der Waals surface area contributed by atoms with E-state index in [2.05, 4.69) is 85.5 Å². The van der Waals surface area contributed by atoms with Crippen molar-refractivity contribution in [2.45, 2.75) is 13.8 Å². The highest BCUT2D eigenvalue weighted by molar-refractivity contribution is 6.11. The summed E-state index contributed by atoms with van der Waals surface area (Å²) in [5.41, 5.74) is 6.76. The van der Waals surface area contributed by atoms with E-state index in [0.29, 0.717) is 0 Å². The van der Waals surface area contributed by atoms with Crippen molar-refractivity contribution in [1.82, 2.24) is 0 Å². The van der Waals surface area contributed by atoms with Gasteiger partial charge in [-0.15, -0.1) is 0 Å². The minimum absolute atomic E-state index is 1.05. The zero-order chi connectivity index (χ0) is 15.8. The SMILES string of the molecule is CCN(CC)c1ccc(C=C2c3cc4ccccc4cc32)cc1. The number of nitrogens with zero attached hydrogens (tertiary/aromatic N) is 1. The summed E-state index contributed by atoms with van der Waals surface area (Å²) >= 11 is 0. The summed E-state index contributed by atoms with van der Waals surface area (Å²) in [7, 11) is 0. The van der Waals surface area contributed by atoms with E-state index in [1.807, 2.05) is 0 Å². The van der Waals surface area contributed by atoms with Crippen LogP contribution in [-0.4, -0.2) is 13.1 Å². The van der Waals surface area contributed by atoms with Gasteiger partial charge < -0.3 is 4.90 Å². The molecule has 1 aliphatic rings. The monoisotopic (exact) mass is 299 g/mol. The number of fused-ring (bicyclic) bond motifs is 2. The molecule has 0 saturated heterocycles. The van der Waals surface area contributed by atoms with Gasteiger partial charge in [-0.25, -0.2) is 0 Å². The van der Waals surface area contributed by atoms with Crippen molar-refractivity contribution < 1.29 is 0 Å². The third kappa shape index (κ3) is 2.53. The summed E-state index contributed by atoms with van der Waals surface area (Å²) in [6.07, 6.45) is 2.30. The smallest absolute Gasteiger partial charge is 0.0366 e. The third-order valence-electron chi connectivity index (χ3n) is 4.74. The Balaban J connectivity index is 1.62. The van der Waals surface area contributed by atoms with Crippen LogP contribution in [0.4, 0.5) is 5.69 Å². The molecule has 0 heterocycles. The van der Waals surface area contributed by atoms with Crippen LogP contribution in [0.5, 0.6) is 0 Å². The lowest BCUT2D eigenvalue weighted by Crippen LogP contribution is -2.21. The molecule has 0 spiro atoms. The molecule has 1 heteroatoms. The van der Waals surface area contributed by atoms with Crippen LogP contribution >= 0.6 is 0 Å². The lowest BCUT2D eigenvalue weighted by molar-refractivity contribution is 0.866. The second kappa shape index (κ2) is 5.58. The molecule has 0 N–H and O–H groups in total.